The molecular weight excluding hydrogens is 352 g/mol. The zero-order valence-corrected chi connectivity index (χ0v) is 14.7. The average molecular weight is 371 g/mol. The summed E-state index contributed by atoms with van der Waals surface area (Å²) in [6.45, 7) is 1.41. The van der Waals surface area contributed by atoms with Crippen LogP contribution in [0.3, 0.4) is 0 Å². The van der Waals surface area contributed by atoms with E-state index in [-0.39, 0.29) is 5.56 Å². The van der Waals surface area contributed by atoms with Crippen LogP contribution in [0.15, 0.2) is 24.3 Å². The van der Waals surface area contributed by atoms with Gasteiger partial charge in [0.15, 0.2) is 5.92 Å². The summed E-state index contributed by atoms with van der Waals surface area (Å²) in [6, 6.07) is 4.62. The molecule has 3 N–H and O–H groups in total. The first-order chi connectivity index (χ1) is 11.7. The van der Waals surface area contributed by atoms with Gasteiger partial charge in [0.2, 0.25) is 5.91 Å². The Morgan fingerprint density at radius 3 is 1.92 bits per heavy atom. The maximum Gasteiger partial charge on any atom is 0.320 e. The second-order valence-electron chi connectivity index (χ2n) is 5.24. The van der Waals surface area contributed by atoms with Crippen LogP contribution < -0.4 is 11.1 Å². The van der Waals surface area contributed by atoms with E-state index in [1.807, 2.05) is 0 Å². The first-order valence-corrected chi connectivity index (χ1v) is 7.62. The van der Waals surface area contributed by atoms with Gasteiger partial charge in [-0.15, -0.1) is 0 Å². The molecule has 2 atom stereocenters. The lowest BCUT2D eigenvalue weighted by Crippen LogP contribution is -2.52. The molecule has 25 heavy (non-hydrogen) atoms. The number of benzene rings is 1. The highest BCUT2D eigenvalue weighted by Gasteiger charge is 2.41. The molecule has 1 aromatic carbocycles. The van der Waals surface area contributed by atoms with Crippen molar-refractivity contribution in [3.05, 3.63) is 34.9 Å². The number of primary amides is 1. The summed E-state index contributed by atoms with van der Waals surface area (Å²) < 4.78 is 9.14. The Balaban J connectivity index is 3.06. The lowest BCUT2D eigenvalue weighted by atomic mass is 9.86. The number of rotatable bonds is 7. The summed E-state index contributed by atoms with van der Waals surface area (Å²) in [5.74, 6) is -5.72. The lowest BCUT2D eigenvalue weighted by molar-refractivity contribution is -0.161. The first kappa shape index (κ1) is 20.4. The molecule has 1 aromatic rings. The van der Waals surface area contributed by atoms with E-state index in [0.717, 1.165) is 14.2 Å². The van der Waals surface area contributed by atoms with Gasteiger partial charge < -0.3 is 20.5 Å². The van der Waals surface area contributed by atoms with E-state index >= 15 is 0 Å². The molecule has 0 saturated heterocycles. The van der Waals surface area contributed by atoms with E-state index in [1.165, 1.54) is 31.2 Å². The van der Waals surface area contributed by atoms with Crippen LogP contribution in [0.25, 0.3) is 0 Å². The van der Waals surface area contributed by atoms with E-state index < -0.39 is 41.6 Å². The van der Waals surface area contributed by atoms with Crippen LogP contribution in [0.1, 0.15) is 17.3 Å². The highest BCUT2D eigenvalue weighted by molar-refractivity contribution is 6.30. The average Bonchev–Trinajstić information content (AvgIpc) is 2.59. The van der Waals surface area contributed by atoms with Crippen molar-refractivity contribution in [3.63, 3.8) is 0 Å². The van der Waals surface area contributed by atoms with Crippen molar-refractivity contribution in [1.82, 2.24) is 5.32 Å². The minimum absolute atomic E-state index is 0.232. The molecule has 0 aromatic heterocycles. The summed E-state index contributed by atoms with van der Waals surface area (Å²) in [5.41, 5.74) is 5.56. The number of halogens is 1. The fourth-order valence-electron chi connectivity index (χ4n) is 2.26. The van der Waals surface area contributed by atoms with Gasteiger partial charge in [0, 0.05) is 16.5 Å². The van der Waals surface area contributed by atoms with Crippen molar-refractivity contribution in [2.45, 2.75) is 13.0 Å². The number of carbonyl (C=O) groups is 4. The zero-order valence-electron chi connectivity index (χ0n) is 13.9. The number of hydrogen-bond donors (Lipinski definition) is 2. The molecule has 9 heteroatoms. The van der Waals surface area contributed by atoms with Crippen LogP contribution in [0, 0.1) is 11.8 Å². The van der Waals surface area contributed by atoms with E-state index in [9.17, 15) is 19.2 Å². The highest BCUT2D eigenvalue weighted by atomic mass is 35.5. The van der Waals surface area contributed by atoms with Crippen molar-refractivity contribution in [1.29, 1.82) is 0 Å². The molecular formula is C16H19ClN2O6. The molecule has 0 aliphatic carbocycles. The minimum Gasteiger partial charge on any atom is -0.468 e. The summed E-state index contributed by atoms with van der Waals surface area (Å²) in [5, 5.41) is 2.86. The van der Waals surface area contributed by atoms with E-state index in [1.54, 1.807) is 0 Å². The largest absolute Gasteiger partial charge is 0.468 e. The van der Waals surface area contributed by atoms with Gasteiger partial charge in [-0.05, 0) is 24.3 Å². The van der Waals surface area contributed by atoms with Gasteiger partial charge >= 0.3 is 11.9 Å². The third-order valence-corrected chi connectivity index (χ3v) is 3.91. The van der Waals surface area contributed by atoms with Crippen molar-refractivity contribution in [3.8, 4) is 0 Å². The number of methoxy groups -OCH3 is 2. The Bertz CT molecular complexity index is 645. The molecule has 0 heterocycles. The summed E-state index contributed by atoms with van der Waals surface area (Å²) in [4.78, 5) is 47.8. The Morgan fingerprint density at radius 2 is 1.52 bits per heavy atom. The topological polar surface area (TPSA) is 125 Å². The quantitative estimate of drug-likeness (QED) is 0.532. The molecule has 2 amide bonds. The van der Waals surface area contributed by atoms with Crippen molar-refractivity contribution >= 4 is 35.4 Å². The Morgan fingerprint density at radius 1 is 1.04 bits per heavy atom. The molecule has 0 saturated carbocycles. The Labute approximate surface area is 149 Å². The van der Waals surface area contributed by atoms with Crippen molar-refractivity contribution in [2.75, 3.05) is 14.2 Å². The van der Waals surface area contributed by atoms with Gasteiger partial charge in [-0.2, -0.15) is 0 Å². The van der Waals surface area contributed by atoms with Crippen LogP contribution in [0.4, 0.5) is 0 Å². The van der Waals surface area contributed by atoms with Crippen LogP contribution in [-0.4, -0.2) is 44.0 Å². The summed E-state index contributed by atoms with van der Waals surface area (Å²) in [7, 11) is 2.19. The standard InChI is InChI=1S/C16H19ClN2O6/c1-8(11(15(22)24-2)16(23)25-3)12(13(18)20)19-14(21)9-4-6-10(17)7-5-9/h4-8,11-12H,1-3H3,(H2,18,20)(H,19,21)/t8-,12-/m1/s1. The number of hydrogen-bond acceptors (Lipinski definition) is 6. The third kappa shape index (κ3) is 5.18. The van der Waals surface area contributed by atoms with Gasteiger partial charge in [0.25, 0.3) is 5.91 Å². The fourth-order valence-corrected chi connectivity index (χ4v) is 2.39. The van der Waals surface area contributed by atoms with E-state index in [4.69, 9.17) is 17.3 Å². The van der Waals surface area contributed by atoms with E-state index in [0.29, 0.717) is 5.02 Å². The van der Waals surface area contributed by atoms with Gasteiger partial charge in [0.05, 0.1) is 14.2 Å². The van der Waals surface area contributed by atoms with E-state index in [2.05, 4.69) is 14.8 Å². The number of nitrogens with one attached hydrogen (secondary N) is 1. The first-order valence-electron chi connectivity index (χ1n) is 7.24. The summed E-state index contributed by atoms with van der Waals surface area (Å²) in [6.07, 6.45) is 0. The van der Waals surface area contributed by atoms with Gasteiger partial charge in [-0.1, -0.05) is 18.5 Å². The molecule has 0 aliphatic rings. The molecule has 0 unspecified atom stereocenters. The van der Waals surface area contributed by atoms with Crippen LogP contribution in [-0.2, 0) is 23.9 Å². The maximum atomic E-state index is 12.3. The van der Waals surface area contributed by atoms with Gasteiger partial charge in [-0.3, -0.25) is 19.2 Å². The molecule has 0 spiro atoms. The molecule has 0 aliphatic heterocycles. The van der Waals surface area contributed by atoms with Crippen molar-refractivity contribution in [2.24, 2.45) is 17.6 Å². The number of ether oxygens (including phenoxy) is 2. The number of carbonyl (C=O) groups excluding carboxylic acids is 4. The molecule has 136 valence electrons. The van der Waals surface area contributed by atoms with Gasteiger partial charge in [-0.25, -0.2) is 0 Å². The number of amides is 2. The lowest BCUT2D eigenvalue weighted by Gasteiger charge is -2.26. The second kappa shape index (κ2) is 9.03. The predicted octanol–water partition coefficient (Wildman–Crippen LogP) is 0.522. The third-order valence-electron chi connectivity index (χ3n) is 3.66. The van der Waals surface area contributed by atoms with Crippen LogP contribution >= 0.6 is 11.6 Å². The predicted molar refractivity (Wildman–Crippen MR) is 88.6 cm³/mol. The molecule has 0 radical (unpaired) electrons. The highest BCUT2D eigenvalue weighted by Crippen LogP contribution is 2.20. The maximum absolute atomic E-state index is 12.3. The zero-order chi connectivity index (χ0) is 19.1. The number of esters is 2. The molecule has 1 rings (SSSR count). The normalized spacial score (nSPS) is 12.8. The SMILES string of the molecule is COC(=O)C(C(=O)OC)[C@@H](C)[C@@H](NC(=O)c1ccc(Cl)cc1)C(N)=O. The van der Waals surface area contributed by atoms with Crippen LogP contribution in [0.2, 0.25) is 5.02 Å². The molecule has 0 bridgehead atoms. The molecule has 8 nitrogen and oxygen atoms in total. The van der Waals surface area contributed by atoms with Crippen LogP contribution in [0.5, 0.6) is 0 Å². The number of nitrogens with two attached hydrogens (primary N) is 1. The minimum atomic E-state index is -1.42. The Hall–Kier alpha value is -2.61. The second-order valence-corrected chi connectivity index (χ2v) is 5.68. The Kier molecular flexibility index (Phi) is 7.38. The van der Waals surface area contributed by atoms with Gasteiger partial charge in [0.1, 0.15) is 6.04 Å². The molecule has 0 fully saturated rings. The fraction of sp³-hybridized carbons (Fsp3) is 0.375. The monoisotopic (exact) mass is 370 g/mol. The van der Waals surface area contributed by atoms with Crippen molar-refractivity contribution < 1.29 is 28.7 Å². The smallest absolute Gasteiger partial charge is 0.320 e. The summed E-state index contributed by atoms with van der Waals surface area (Å²) >= 11 is 5.76.